The normalized spacial score (nSPS) is 10.7. The summed E-state index contributed by atoms with van der Waals surface area (Å²) >= 11 is 0. The molecule has 0 spiro atoms. The summed E-state index contributed by atoms with van der Waals surface area (Å²) in [6, 6.07) is 9.34. The Labute approximate surface area is 159 Å². The van der Waals surface area contributed by atoms with E-state index in [1.165, 1.54) is 0 Å². The highest BCUT2D eigenvalue weighted by atomic mass is 16.5. The molecule has 0 aliphatic carbocycles. The first-order chi connectivity index (χ1) is 12.9. The van der Waals surface area contributed by atoms with Gasteiger partial charge in [-0.25, -0.2) is 4.98 Å². The van der Waals surface area contributed by atoms with Crippen molar-refractivity contribution in [2.24, 2.45) is 0 Å². The standard InChI is InChI=1S/C21H24N4O2/c1-6-27-17-9-7-16(8-10-17)25-13-23-20(14(2)21(25)26)19-15(3)22-12-11-18(19)24(4)5/h7-13H,6H2,1-5H3. The molecule has 6 nitrogen and oxygen atoms in total. The van der Waals surface area contributed by atoms with Gasteiger partial charge in [-0.3, -0.25) is 14.3 Å². The predicted octanol–water partition coefficient (Wildman–Crippen LogP) is 3.38. The number of nitrogens with zero attached hydrogens (tertiary/aromatic N) is 4. The lowest BCUT2D eigenvalue weighted by Crippen LogP contribution is -2.23. The van der Waals surface area contributed by atoms with Crippen molar-refractivity contribution < 1.29 is 4.74 Å². The molecular formula is C21H24N4O2. The molecule has 3 rings (SSSR count). The van der Waals surface area contributed by atoms with E-state index in [1.807, 2.05) is 70.1 Å². The fraction of sp³-hybridized carbons (Fsp3) is 0.286. The summed E-state index contributed by atoms with van der Waals surface area (Å²) < 4.78 is 7.01. The Kier molecular flexibility index (Phi) is 5.26. The van der Waals surface area contributed by atoms with E-state index in [9.17, 15) is 4.79 Å². The Morgan fingerprint density at radius 1 is 1.07 bits per heavy atom. The maximum atomic E-state index is 13.0. The molecule has 0 fully saturated rings. The van der Waals surface area contributed by atoms with Crippen molar-refractivity contribution in [3.8, 4) is 22.7 Å². The molecule has 0 N–H and O–H groups in total. The van der Waals surface area contributed by atoms with E-state index in [-0.39, 0.29) is 5.56 Å². The SMILES string of the molecule is CCOc1ccc(-n2cnc(-c3c(N(C)C)ccnc3C)c(C)c2=O)cc1. The van der Waals surface area contributed by atoms with E-state index >= 15 is 0 Å². The van der Waals surface area contributed by atoms with Gasteiger partial charge in [0.05, 0.1) is 18.0 Å². The number of aryl methyl sites for hydroxylation is 1. The topological polar surface area (TPSA) is 60.2 Å². The van der Waals surface area contributed by atoms with Crippen LogP contribution in [0.15, 0.2) is 47.7 Å². The molecule has 0 saturated heterocycles. The number of benzene rings is 1. The summed E-state index contributed by atoms with van der Waals surface area (Å²) in [5.41, 5.74) is 4.61. The van der Waals surface area contributed by atoms with Crippen LogP contribution in [-0.4, -0.2) is 35.2 Å². The zero-order valence-corrected chi connectivity index (χ0v) is 16.4. The van der Waals surface area contributed by atoms with E-state index in [4.69, 9.17) is 4.74 Å². The van der Waals surface area contributed by atoms with Gasteiger partial charge in [0.25, 0.3) is 5.56 Å². The van der Waals surface area contributed by atoms with Crippen LogP contribution in [0.5, 0.6) is 5.75 Å². The summed E-state index contributed by atoms with van der Waals surface area (Å²) in [6.45, 7) is 6.28. The minimum Gasteiger partial charge on any atom is -0.494 e. The van der Waals surface area contributed by atoms with Gasteiger partial charge in [-0.05, 0) is 51.1 Å². The van der Waals surface area contributed by atoms with E-state index in [0.29, 0.717) is 17.9 Å². The monoisotopic (exact) mass is 364 g/mol. The molecule has 0 bridgehead atoms. The van der Waals surface area contributed by atoms with Crippen LogP contribution in [0.1, 0.15) is 18.2 Å². The van der Waals surface area contributed by atoms with Crippen LogP contribution in [-0.2, 0) is 0 Å². The highest BCUT2D eigenvalue weighted by molar-refractivity contribution is 5.79. The third-order valence-corrected chi connectivity index (χ3v) is 4.46. The average Bonchev–Trinajstić information content (AvgIpc) is 2.65. The predicted molar refractivity (Wildman–Crippen MR) is 108 cm³/mol. The molecule has 6 heteroatoms. The van der Waals surface area contributed by atoms with Gasteiger partial charge in [-0.1, -0.05) is 0 Å². The average molecular weight is 364 g/mol. The molecule has 0 unspecified atom stereocenters. The van der Waals surface area contributed by atoms with Crippen molar-refractivity contribution in [2.45, 2.75) is 20.8 Å². The van der Waals surface area contributed by atoms with E-state index in [1.54, 1.807) is 17.1 Å². The van der Waals surface area contributed by atoms with Crippen molar-refractivity contribution in [3.63, 3.8) is 0 Å². The molecule has 2 aromatic heterocycles. The largest absolute Gasteiger partial charge is 0.494 e. The molecule has 0 amide bonds. The first-order valence-electron chi connectivity index (χ1n) is 8.88. The molecule has 2 heterocycles. The zero-order valence-electron chi connectivity index (χ0n) is 16.4. The lowest BCUT2D eigenvalue weighted by atomic mass is 10.0. The van der Waals surface area contributed by atoms with Crippen LogP contribution in [0.2, 0.25) is 0 Å². The summed E-state index contributed by atoms with van der Waals surface area (Å²) in [5.74, 6) is 0.775. The minimum atomic E-state index is -0.0999. The van der Waals surface area contributed by atoms with Crippen molar-refractivity contribution in [2.75, 3.05) is 25.6 Å². The molecule has 27 heavy (non-hydrogen) atoms. The number of hydrogen-bond donors (Lipinski definition) is 0. The van der Waals surface area contributed by atoms with Crippen LogP contribution in [0.4, 0.5) is 5.69 Å². The Morgan fingerprint density at radius 2 is 1.78 bits per heavy atom. The van der Waals surface area contributed by atoms with Crippen LogP contribution in [0.25, 0.3) is 16.9 Å². The number of pyridine rings is 1. The summed E-state index contributed by atoms with van der Waals surface area (Å²) in [7, 11) is 3.93. The Bertz CT molecular complexity index is 1010. The van der Waals surface area contributed by atoms with Crippen LogP contribution < -0.4 is 15.2 Å². The van der Waals surface area contributed by atoms with Gasteiger partial charge >= 0.3 is 0 Å². The van der Waals surface area contributed by atoms with Gasteiger partial charge in [0.2, 0.25) is 0 Å². The van der Waals surface area contributed by atoms with Gasteiger partial charge in [0, 0.05) is 42.8 Å². The third kappa shape index (κ3) is 3.56. The first kappa shape index (κ1) is 18.6. The fourth-order valence-corrected chi connectivity index (χ4v) is 3.07. The van der Waals surface area contributed by atoms with Gasteiger partial charge < -0.3 is 9.64 Å². The Morgan fingerprint density at radius 3 is 2.41 bits per heavy atom. The zero-order chi connectivity index (χ0) is 19.6. The summed E-state index contributed by atoms with van der Waals surface area (Å²) in [4.78, 5) is 24.0. The molecule has 0 radical (unpaired) electrons. The Hall–Kier alpha value is -3.15. The maximum Gasteiger partial charge on any atom is 0.261 e. The van der Waals surface area contributed by atoms with Gasteiger partial charge in [0.15, 0.2) is 0 Å². The van der Waals surface area contributed by atoms with Gasteiger partial charge in [-0.15, -0.1) is 0 Å². The molecule has 0 atom stereocenters. The number of aromatic nitrogens is 3. The highest BCUT2D eigenvalue weighted by Crippen LogP contribution is 2.31. The van der Waals surface area contributed by atoms with Crippen molar-refractivity contribution in [1.29, 1.82) is 0 Å². The summed E-state index contributed by atoms with van der Waals surface area (Å²) in [5, 5.41) is 0. The Balaban J connectivity index is 2.11. The maximum absolute atomic E-state index is 13.0. The molecule has 140 valence electrons. The lowest BCUT2D eigenvalue weighted by molar-refractivity contribution is 0.340. The second-order valence-corrected chi connectivity index (χ2v) is 6.51. The molecule has 1 aromatic carbocycles. The van der Waals surface area contributed by atoms with E-state index < -0.39 is 0 Å². The second kappa shape index (κ2) is 7.61. The minimum absolute atomic E-state index is 0.0999. The second-order valence-electron chi connectivity index (χ2n) is 6.51. The van der Waals surface area contributed by atoms with E-state index in [0.717, 1.165) is 28.4 Å². The van der Waals surface area contributed by atoms with Crippen LogP contribution in [0.3, 0.4) is 0 Å². The molecule has 0 aliphatic rings. The lowest BCUT2D eigenvalue weighted by Gasteiger charge is -2.19. The smallest absolute Gasteiger partial charge is 0.261 e. The van der Waals surface area contributed by atoms with Gasteiger partial charge in [-0.2, -0.15) is 0 Å². The molecule has 0 aliphatic heterocycles. The first-order valence-corrected chi connectivity index (χ1v) is 8.88. The number of ether oxygens (including phenoxy) is 1. The molecule has 3 aromatic rings. The van der Waals surface area contributed by atoms with Gasteiger partial charge in [0.1, 0.15) is 12.1 Å². The number of hydrogen-bond acceptors (Lipinski definition) is 5. The van der Waals surface area contributed by atoms with E-state index in [2.05, 4.69) is 9.97 Å². The van der Waals surface area contributed by atoms with Crippen LogP contribution >= 0.6 is 0 Å². The summed E-state index contributed by atoms with van der Waals surface area (Å²) in [6.07, 6.45) is 3.34. The number of rotatable bonds is 5. The molecule has 0 saturated carbocycles. The van der Waals surface area contributed by atoms with Crippen LogP contribution in [0, 0.1) is 13.8 Å². The van der Waals surface area contributed by atoms with Crippen molar-refractivity contribution >= 4 is 5.69 Å². The highest BCUT2D eigenvalue weighted by Gasteiger charge is 2.17. The number of anilines is 1. The van der Waals surface area contributed by atoms with Crippen molar-refractivity contribution in [3.05, 3.63) is 64.5 Å². The third-order valence-electron chi connectivity index (χ3n) is 4.46. The fourth-order valence-electron chi connectivity index (χ4n) is 3.07. The molecular weight excluding hydrogens is 340 g/mol. The van der Waals surface area contributed by atoms with Crippen molar-refractivity contribution in [1.82, 2.24) is 14.5 Å². The quantitative estimate of drug-likeness (QED) is 0.695.